The number of fused-ring (bicyclic) bond motifs is 1. The fourth-order valence-corrected chi connectivity index (χ4v) is 3.57. The fourth-order valence-electron chi connectivity index (χ4n) is 3.44. The Morgan fingerprint density at radius 3 is 2.47 bits per heavy atom. The molecule has 2 fully saturated rings. The van der Waals surface area contributed by atoms with Crippen LogP contribution in [-0.4, -0.2) is 5.16 Å². The number of nitrogens with two attached hydrogens (primary N) is 1. The molecule has 2 aliphatic carbocycles. The van der Waals surface area contributed by atoms with Crippen LogP contribution in [0.25, 0.3) is 11.1 Å². The number of benzene rings is 1. The highest BCUT2D eigenvalue weighted by molar-refractivity contribution is 6.30. The smallest absolute Gasteiger partial charge is 0.230 e. The molecule has 2 saturated carbocycles. The first-order chi connectivity index (χ1) is 9.22. The average molecular weight is 275 g/mol. The molecule has 2 N–H and O–H groups in total. The lowest BCUT2D eigenvalue weighted by atomic mass is 9.93. The van der Waals surface area contributed by atoms with Gasteiger partial charge in [-0.2, -0.15) is 0 Å². The molecule has 0 amide bonds. The van der Waals surface area contributed by atoms with E-state index in [0.29, 0.717) is 11.8 Å². The zero-order valence-corrected chi connectivity index (χ0v) is 11.2. The third-order valence-corrected chi connectivity index (χ3v) is 4.76. The minimum Gasteiger partial charge on any atom is -0.367 e. The topological polar surface area (TPSA) is 52.0 Å². The predicted octanol–water partition coefficient (Wildman–Crippen LogP) is 4.09. The molecule has 98 valence electrons. The summed E-state index contributed by atoms with van der Waals surface area (Å²) < 4.78 is 5.24. The Bertz CT molecular complexity index is 610. The Kier molecular flexibility index (Phi) is 2.39. The van der Waals surface area contributed by atoms with Crippen molar-refractivity contribution in [2.45, 2.75) is 25.2 Å². The van der Waals surface area contributed by atoms with Gasteiger partial charge < -0.3 is 10.3 Å². The van der Waals surface area contributed by atoms with Crippen LogP contribution in [0.5, 0.6) is 0 Å². The van der Waals surface area contributed by atoms with Gasteiger partial charge in [0.25, 0.3) is 0 Å². The Morgan fingerprint density at radius 2 is 1.79 bits per heavy atom. The summed E-state index contributed by atoms with van der Waals surface area (Å²) in [6.07, 6.45) is 3.87. The van der Waals surface area contributed by atoms with Gasteiger partial charge in [0.2, 0.25) is 5.88 Å². The van der Waals surface area contributed by atoms with Gasteiger partial charge in [0.15, 0.2) is 0 Å². The van der Waals surface area contributed by atoms with Crippen molar-refractivity contribution < 1.29 is 4.52 Å². The number of aromatic nitrogens is 1. The van der Waals surface area contributed by atoms with Crippen molar-refractivity contribution in [2.24, 2.45) is 11.8 Å². The van der Waals surface area contributed by atoms with Gasteiger partial charge in [-0.1, -0.05) is 28.9 Å². The molecule has 2 aliphatic rings. The van der Waals surface area contributed by atoms with Crippen molar-refractivity contribution in [3.8, 4) is 11.1 Å². The second kappa shape index (κ2) is 4.01. The summed E-state index contributed by atoms with van der Waals surface area (Å²) in [5, 5.41) is 4.94. The van der Waals surface area contributed by atoms with E-state index in [1.165, 1.54) is 19.3 Å². The molecule has 0 saturated heterocycles. The van der Waals surface area contributed by atoms with Crippen molar-refractivity contribution in [3.05, 3.63) is 35.0 Å². The minimum absolute atomic E-state index is 0.415. The van der Waals surface area contributed by atoms with Crippen LogP contribution in [0.2, 0.25) is 5.02 Å². The van der Waals surface area contributed by atoms with E-state index in [9.17, 15) is 0 Å². The van der Waals surface area contributed by atoms with Crippen LogP contribution >= 0.6 is 11.6 Å². The van der Waals surface area contributed by atoms with E-state index in [4.69, 9.17) is 21.9 Å². The van der Waals surface area contributed by atoms with Gasteiger partial charge in [-0.3, -0.25) is 0 Å². The number of hydrogen-bond donors (Lipinski definition) is 1. The van der Waals surface area contributed by atoms with Crippen LogP contribution in [0.1, 0.15) is 30.9 Å². The van der Waals surface area contributed by atoms with Crippen LogP contribution in [0.3, 0.4) is 0 Å². The van der Waals surface area contributed by atoms with Gasteiger partial charge >= 0.3 is 0 Å². The third-order valence-electron chi connectivity index (χ3n) is 4.51. The predicted molar refractivity (Wildman–Crippen MR) is 74.9 cm³/mol. The van der Waals surface area contributed by atoms with Gasteiger partial charge in [0.1, 0.15) is 0 Å². The Balaban J connectivity index is 1.74. The van der Waals surface area contributed by atoms with Crippen molar-refractivity contribution >= 4 is 17.5 Å². The van der Waals surface area contributed by atoms with Gasteiger partial charge in [0, 0.05) is 10.9 Å². The normalized spacial score (nSPS) is 28.4. The highest BCUT2D eigenvalue weighted by Crippen LogP contribution is 2.58. The number of halogens is 1. The number of hydrogen-bond acceptors (Lipinski definition) is 3. The third kappa shape index (κ3) is 1.84. The first-order valence-corrected chi connectivity index (χ1v) is 7.11. The number of nitrogen functional groups attached to an aromatic ring is 1. The van der Waals surface area contributed by atoms with E-state index in [0.717, 1.165) is 33.7 Å². The van der Waals surface area contributed by atoms with Crippen LogP contribution in [0.4, 0.5) is 5.88 Å². The average Bonchev–Trinajstić information content (AvgIpc) is 2.84. The SMILES string of the molecule is Nc1onc(C2CC3CC3C2)c1-c1ccc(Cl)cc1. The second-order valence-corrected chi connectivity index (χ2v) is 6.17. The zero-order chi connectivity index (χ0) is 13.0. The summed E-state index contributed by atoms with van der Waals surface area (Å²) >= 11 is 5.93. The first-order valence-electron chi connectivity index (χ1n) is 6.73. The standard InChI is InChI=1S/C15H15ClN2O/c16-12-3-1-8(2-4-12)13-14(18-19-15(13)17)11-6-9-5-10(9)7-11/h1-4,9-11H,5-7,17H2. The van der Waals surface area contributed by atoms with E-state index in [1.807, 2.05) is 24.3 Å². The molecule has 1 aromatic carbocycles. The molecule has 19 heavy (non-hydrogen) atoms. The molecular weight excluding hydrogens is 260 g/mol. The van der Waals surface area contributed by atoms with Gasteiger partial charge in [-0.15, -0.1) is 0 Å². The summed E-state index contributed by atoms with van der Waals surface area (Å²) in [6, 6.07) is 7.70. The van der Waals surface area contributed by atoms with Crippen molar-refractivity contribution in [2.75, 3.05) is 5.73 Å². The molecule has 1 heterocycles. The maximum absolute atomic E-state index is 5.96. The van der Waals surface area contributed by atoms with Crippen LogP contribution in [-0.2, 0) is 0 Å². The number of anilines is 1. The van der Waals surface area contributed by atoms with Crippen LogP contribution < -0.4 is 5.73 Å². The molecule has 4 heteroatoms. The van der Waals surface area contributed by atoms with Crippen molar-refractivity contribution in [1.82, 2.24) is 5.16 Å². The first kappa shape index (κ1) is 11.4. The van der Waals surface area contributed by atoms with Crippen molar-refractivity contribution in [1.29, 1.82) is 0 Å². The highest BCUT2D eigenvalue weighted by atomic mass is 35.5. The van der Waals surface area contributed by atoms with E-state index in [2.05, 4.69) is 5.16 Å². The minimum atomic E-state index is 0.415. The van der Waals surface area contributed by atoms with E-state index < -0.39 is 0 Å². The molecule has 4 rings (SSSR count). The Hall–Kier alpha value is -1.48. The molecule has 0 spiro atoms. The van der Waals surface area contributed by atoms with Gasteiger partial charge in [0.05, 0.1) is 11.3 Å². The van der Waals surface area contributed by atoms with Gasteiger partial charge in [-0.25, -0.2) is 0 Å². The maximum Gasteiger partial charge on any atom is 0.230 e. The summed E-state index contributed by atoms with van der Waals surface area (Å²) in [6.45, 7) is 0. The molecule has 1 aromatic heterocycles. The zero-order valence-electron chi connectivity index (χ0n) is 10.5. The largest absolute Gasteiger partial charge is 0.367 e. The Morgan fingerprint density at radius 1 is 1.11 bits per heavy atom. The number of nitrogens with zero attached hydrogens (tertiary/aromatic N) is 1. The maximum atomic E-state index is 5.96. The Labute approximate surface area is 116 Å². The van der Waals surface area contributed by atoms with E-state index >= 15 is 0 Å². The summed E-state index contributed by atoms with van der Waals surface area (Å²) in [5.74, 6) is 2.76. The quantitative estimate of drug-likeness (QED) is 0.897. The van der Waals surface area contributed by atoms with Gasteiger partial charge in [-0.05, 0) is 48.8 Å². The second-order valence-electron chi connectivity index (χ2n) is 5.74. The number of rotatable bonds is 2. The summed E-state index contributed by atoms with van der Waals surface area (Å²) in [5.41, 5.74) is 9.00. The molecule has 2 unspecified atom stereocenters. The summed E-state index contributed by atoms with van der Waals surface area (Å²) in [7, 11) is 0. The van der Waals surface area contributed by atoms with E-state index in [-0.39, 0.29) is 0 Å². The molecule has 0 bridgehead atoms. The molecular formula is C15H15ClN2O. The lowest BCUT2D eigenvalue weighted by molar-refractivity contribution is 0.416. The van der Waals surface area contributed by atoms with Crippen LogP contribution in [0.15, 0.2) is 28.8 Å². The highest BCUT2D eigenvalue weighted by Gasteiger charge is 2.47. The lowest BCUT2D eigenvalue weighted by Crippen LogP contribution is -1.99. The lowest BCUT2D eigenvalue weighted by Gasteiger charge is -2.10. The summed E-state index contributed by atoms with van der Waals surface area (Å²) in [4.78, 5) is 0. The molecule has 3 nitrogen and oxygen atoms in total. The fraction of sp³-hybridized carbons (Fsp3) is 0.400. The van der Waals surface area contributed by atoms with Crippen molar-refractivity contribution in [3.63, 3.8) is 0 Å². The van der Waals surface area contributed by atoms with E-state index in [1.54, 1.807) is 0 Å². The molecule has 0 radical (unpaired) electrons. The molecule has 0 aliphatic heterocycles. The monoisotopic (exact) mass is 274 g/mol. The molecule has 2 aromatic rings. The van der Waals surface area contributed by atoms with Crippen LogP contribution in [0, 0.1) is 11.8 Å². The molecule has 2 atom stereocenters.